The molecule has 3 rings (SSSR count). The summed E-state index contributed by atoms with van der Waals surface area (Å²) in [6.45, 7) is 9.86. The topological polar surface area (TPSA) is 86.7 Å². The fourth-order valence-corrected chi connectivity index (χ4v) is 4.09. The van der Waals surface area contributed by atoms with E-state index in [1.54, 1.807) is 6.21 Å². The van der Waals surface area contributed by atoms with E-state index in [4.69, 9.17) is 10.6 Å². The first-order valence-electron chi connectivity index (χ1n) is 10.2. The van der Waals surface area contributed by atoms with E-state index < -0.39 is 0 Å². The third-order valence-electron chi connectivity index (χ3n) is 5.78. The van der Waals surface area contributed by atoms with E-state index in [2.05, 4.69) is 52.8 Å². The number of aliphatic hydroxyl groups excluding tert-OH is 1. The average molecular weight is 402 g/mol. The molecule has 2 saturated heterocycles. The monoisotopic (exact) mass is 401 g/mol. The number of hydrogen-bond donors (Lipinski definition) is 2. The molecule has 1 atom stereocenters. The molecule has 0 spiro atoms. The summed E-state index contributed by atoms with van der Waals surface area (Å²) < 4.78 is 5.82. The van der Waals surface area contributed by atoms with Gasteiger partial charge in [0.25, 0.3) is 0 Å². The summed E-state index contributed by atoms with van der Waals surface area (Å²) >= 11 is 0. The van der Waals surface area contributed by atoms with Crippen molar-refractivity contribution in [2.24, 2.45) is 26.8 Å². The largest absolute Gasteiger partial charge is 0.396 e. The van der Waals surface area contributed by atoms with Crippen LogP contribution < -0.4 is 15.6 Å². The van der Waals surface area contributed by atoms with Crippen molar-refractivity contribution in [1.29, 1.82) is 0 Å². The zero-order valence-electron chi connectivity index (χ0n) is 18.4. The van der Waals surface area contributed by atoms with Gasteiger partial charge < -0.3 is 25.5 Å². The van der Waals surface area contributed by atoms with Crippen LogP contribution in [0.5, 0.6) is 0 Å². The molecular formula is C22H35N5O2. The Labute approximate surface area is 174 Å². The van der Waals surface area contributed by atoms with Gasteiger partial charge in [0.15, 0.2) is 0 Å². The number of anilines is 2. The molecule has 0 bridgehead atoms. The number of nitrogens with two attached hydrogens (primary N) is 1. The lowest BCUT2D eigenvalue weighted by atomic mass is 9.82. The predicted octanol–water partition coefficient (Wildman–Crippen LogP) is 2.12. The second-order valence-electron chi connectivity index (χ2n) is 9.73. The third-order valence-corrected chi connectivity index (χ3v) is 5.78. The lowest BCUT2D eigenvalue weighted by molar-refractivity contribution is 0.105. The molecule has 0 aromatic heterocycles. The molecule has 0 radical (unpaired) electrons. The van der Waals surface area contributed by atoms with Gasteiger partial charge in [-0.15, -0.1) is 0 Å². The SMILES string of the molecule is CN(C)c1cc(N2CC(C)(CO)C2)ccc1/C(C=NCC1CC(C)(C)CO1)=N/N. The standard InChI is InChI=1S/C22H35N5O2/c1-21(2)9-17(29-15-21)10-24-11-19(25-23)18-7-6-16(8-20(18)26(4)5)27-12-22(3,13-27)14-28/h6-8,11,17,28H,9-10,12-15,23H2,1-5H3/b24-11?,25-19+. The first kappa shape index (κ1) is 21.6. The molecule has 1 aromatic carbocycles. The average Bonchev–Trinajstić information content (AvgIpc) is 3.01. The Morgan fingerprint density at radius 1 is 1.34 bits per heavy atom. The fraction of sp³-hybridized carbons (Fsp3) is 0.636. The highest BCUT2D eigenvalue weighted by atomic mass is 16.5. The van der Waals surface area contributed by atoms with Crippen molar-refractivity contribution in [2.75, 3.05) is 56.7 Å². The van der Waals surface area contributed by atoms with Crippen LogP contribution in [-0.4, -0.2) is 70.1 Å². The maximum Gasteiger partial charge on any atom is 0.110 e. The van der Waals surface area contributed by atoms with Crippen molar-refractivity contribution >= 4 is 23.3 Å². The summed E-state index contributed by atoms with van der Waals surface area (Å²) in [6, 6.07) is 6.28. The van der Waals surface area contributed by atoms with E-state index in [-0.39, 0.29) is 23.5 Å². The van der Waals surface area contributed by atoms with Crippen molar-refractivity contribution < 1.29 is 9.84 Å². The van der Waals surface area contributed by atoms with Gasteiger partial charge in [0, 0.05) is 55.8 Å². The molecule has 29 heavy (non-hydrogen) atoms. The summed E-state index contributed by atoms with van der Waals surface area (Å²) in [4.78, 5) is 8.90. The second-order valence-corrected chi connectivity index (χ2v) is 9.73. The van der Waals surface area contributed by atoms with Gasteiger partial charge in [-0.3, -0.25) is 4.99 Å². The maximum absolute atomic E-state index is 9.50. The number of benzene rings is 1. The zero-order chi connectivity index (χ0) is 21.2. The highest BCUT2D eigenvalue weighted by Gasteiger charge is 2.38. The van der Waals surface area contributed by atoms with Crippen molar-refractivity contribution in [1.82, 2.24) is 0 Å². The maximum atomic E-state index is 9.50. The molecule has 2 aliphatic rings. The van der Waals surface area contributed by atoms with Crippen LogP contribution in [-0.2, 0) is 4.74 Å². The molecule has 0 amide bonds. The lowest BCUT2D eigenvalue weighted by Gasteiger charge is -2.48. The van der Waals surface area contributed by atoms with Crippen LogP contribution in [0.3, 0.4) is 0 Å². The smallest absolute Gasteiger partial charge is 0.110 e. The van der Waals surface area contributed by atoms with Gasteiger partial charge in [-0.05, 0) is 30.0 Å². The summed E-state index contributed by atoms with van der Waals surface area (Å²) in [5.41, 5.74) is 3.99. The molecule has 0 saturated carbocycles. The minimum atomic E-state index is -0.00956. The minimum absolute atomic E-state index is 0.00956. The van der Waals surface area contributed by atoms with Crippen LogP contribution in [0.15, 0.2) is 28.3 Å². The number of ether oxygens (including phenoxy) is 1. The molecule has 160 valence electrons. The number of aliphatic hydroxyl groups is 1. The van der Waals surface area contributed by atoms with Crippen LogP contribution in [0.2, 0.25) is 0 Å². The Bertz CT molecular complexity index is 781. The number of nitrogens with zero attached hydrogens (tertiary/aromatic N) is 4. The van der Waals surface area contributed by atoms with Gasteiger partial charge in [0.2, 0.25) is 0 Å². The van der Waals surface area contributed by atoms with Crippen molar-refractivity contribution in [2.45, 2.75) is 33.3 Å². The van der Waals surface area contributed by atoms with Gasteiger partial charge in [-0.1, -0.05) is 20.8 Å². The fourth-order valence-electron chi connectivity index (χ4n) is 4.09. The van der Waals surface area contributed by atoms with Gasteiger partial charge in [-0.25, -0.2) is 0 Å². The Morgan fingerprint density at radius 2 is 2.07 bits per heavy atom. The lowest BCUT2D eigenvalue weighted by Crippen LogP contribution is -2.56. The molecule has 1 aromatic rings. The summed E-state index contributed by atoms with van der Waals surface area (Å²) in [5, 5.41) is 13.5. The van der Waals surface area contributed by atoms with Crippen LogP contribution in [0, 0.1) is 10.8 Å². The Morgan fingerprint density at radius 3 is 2.62 bits per heavy atom. The summed E-state index contributed by atoms with van der Waals surface area (Å²) in [6.07, 6.45) is 2.92. The molecule has 3 N–H and O–H groups in total. The molecule has 2 heterocycles. The number of hydrazone groups is 1. The number of rotatable bonds is 7. The number of aliphatic imine (C=N–C) groups is 1. The molecule has 7 nitrogen and oxygen atoms in total. The van der Waals surface area contributed by atoms with Gasteiger partial charge >= 0.3 is 0 Å². The molecule has 1 unspecified atom stereocenters. The van der Waals surface area contributed by atoms with Crippen LogP contribution in [0.4, 0.5) is 11.4 Å². The van der Waals surface area contributed by atoms with E-state index in [9.17, 15) is 5.11 Å². The van der Waals surface area contributed by atoms with E-state index in [1.807, 2.05) is 20.2 Å². The summed E-state index contributed by atoms with van der Waals surface area (Å²) in [7, 11) is 4.02. The first-order chi connectivity index (χ1) is 13.7. The van der Waals surface area contributed by atoms with Crippen LogP contribution in [0.25, 0.3) is 0 Å². The molecule has 2 fully saturated rings. The van der Waals surface area contributed by atoms with E-state index in [0.29, 0.717) is 12.3 Å². The zero-order valence-corrected chi connectivity index (χ0v) is 18.4. The van der Waals surface area contributed by atoms with Crippen molar-refractivity contribution in [3.05, 3.63) is 23.8 Å². The molecule has 7 heteroatoms. The minimum Gasteiger partial charge on any atom is -0.396 e. The van der Waals surface area contributed by atoms with E-state index in [0.717, 1.165) is 43.1 Å². The van der Waals surface area contributed by atoms with Crippen molar-refractivity contribution in [3.63, 3.8) is 0 Å². The first-order valence-corrected chi connectivity index (χ1v) is 10.2. The molecular weight excluding hydrogens is 366 g/mol. The quantitative estimate of drug-likeness (QED) is 0.415. The Balaban J connectivity index is 1.73. The van der Waals surface area contributed by atoms with Gasteiger partial charge in [0.05, 0.1) is 25.9 Å². The number of hydrogen-bond acceptors (Lipinski definition) is 7. The Hall–Kier alpha value is -2.12. The predicted molar refractivity (Wildman–Crippen MR) is 120 cm³/mol. The van der Waals surface area contributed by atoms with Crippen molar-refractivity contribution in [3.8, 4) is 0 Å². The highest BCUT2D eigenvalue weighted by molar-refractivity contribution is 6.39. The Kier molecular flexibility index (Phi) is 6.19. The van der Waals surface area contributed by atoms with E-state index in [1.165, 1.54) is 0 Å². The second kappa shape index (κ2) is 8.32. The summed E-state index contributed by atoms with van der Waals surface area (Å²) in [5.74, 6) is 5.71. The highest BCUT2D eigenvalue weighted by Crippen LogP contribution is 2.36. The molecule has 2 aliphatic heterocycles. The molecule has 0 aliphatic carbocycles. The van der Waals surface area contributed by atoms with Crippen LogP contribution >= 0.6 is 0 Å². The third kappa shape index (κ3) is 4.90. The van der Waals surface area contributed by atoms with Gasteiger partial charge in [0.1, 0.15) is 5.71 Å². The van der Waals surface area contributed by atoms with Crippen LogP contribution in [0.1, 0.15) is 32.8 Å². The normalized spacial score (nSPS) is 23.4. The van der Waals surface area contributed by atoms with Gasteiger partial charge in [-0.2, -0.15) is 5.10 Å². The van der Waals surface area contributed by atoms with E-state index >= 15 is 0 Å².